The quantitative estimate of drug-likeness (QED) is 0.777. The lowest BCUT2D eigenvalue weighted by molar-refractivity contribution is -0.116. The summed E-state index contributed by atoms with van der Waals surface area (Å²) in [4.78, 5) is 27.8. The highest BCUT2D eigenvalue weighted by Gasteiger charge is 2.11. The molecule has 8 heteroatoms. The van der Waals surface area contributed by atoms with Gasteiger partial charge in [0, 0.05) is 29.4 Å². The number of carbonyl (C=O) groups is 1. The number of amides is 1. The molecule has 0 saturated heterocycles. The maximum absolute atomic E-state index is 11.9. The molecule has 0 aliphatic rings. The van der Waals surface area contributed by atoms with E-state index < -0.39 is 0 Å². The molecule has 3 heterocycles. The van der Waals surface area contributed by atoms with Gasteiger partial charge in [0.2, 0.25) is 5.91 Å². The summed E-state index contributed by atoms with van der Waals surface area (Å²) in [6.45, 7) is 2.22. The van der Waals surface area contributed by atoms with Crippen LogP contribution in [0.25, 0.3) is 11.5 Å². The molecule has 0 saturated carbocycles. The first-order valence-electron chi connectivity index (χ1n) is 6.57. The Balaban J connectivity index is 1.59. The predicted octanol–water partition coefficient (Wildman–Crippen LogP) is 2.96. The Kier molecular flexibility index (Phi) is 4.21. The Labute approximate surface area is 134 Å². The smallest absolute Gasteiger partial charge is 0.307 e. The molecule has 0 atom stereocenters. The molecule has 0 aromatic carbocycles. The van der Waals surface area contributed by atoms with Gasteiger partial charge in [-0.05, 0) is 19.1 Å². The fourth-order valence-corrected chi connectivity index (χ4v) is 3.42. The average Bonchev–Trinajstić information content (AvgIpc) is 3.20. The first-order chi connectivity index (χ1) is 10.6. The van der Waals surface area contributed by atoms with Crippen molar-refractivity contribution in [2.24, 2.45) is 0 Å². The number of aromatic nitrogens is 2. The van der Waals surface area contributed by atoms with Crippen LogP contribution in [0.3, 0.4) is 0 Å². The third-order valence-corrected chi connectivity index (χ3v) is 4.70. The molecule has 1 amide bonds. The maximum atomic E-state index is 11.9. The van der Waals surface area contributed by atoms with Crippen LogP contribution in [0.2, 0.25) is 0 Å². The number of thiazole rings is 2. The van der Waals surface area contributed by atoms with Gasteiger partial charge in [0.05, 0.1) is 6.26 Å². The predicted molar refractivity (Wildman–Crippen MR) is 86.4 cm³/mol. The second-order valence-electron chi connectivity index (χ2n) is 4.61. The summed E-state index contributed by atoms with van der Waals surface area (Å²) in [6.07, 6.45) is 1.81. The van der Waals surface area contributed by atoms with Crippen LogP contribution in [0.15, 0.2) is 38.4 Å². The number of carbonyl (C=O) groups excluding carboxylic acids is 1. The van der Waals surface area contributed by atoms with Crippen LogP contribution in [0.1, 0.15) is 12.1 Å². The van der Waals surface area contributed by atoms with Gasteiger partial charge in [-0.3, -0.25) is 9.59 Å². The number of furan rings is 1. The molecule has 0 spiro atoms. The summed E-state index contributed by atoms with van der Waals surface area (Å²) >= 11 is 2.48. The highest BCUT2D eigenvalue weighted by Crippen LogP contribution is 2.25. The van der Waals surface area contributed by atoms with Crippen molar-refractivity contribution >= 4 is 33.7 Å². The molecular formula is C14H13N3O3S2. The molecule has 22 heavy (non-hydrogen) atoms. The normalized spacial score (nSPS) is 10.8. The van der Waals surface area contributed by atoms with Gasteiger partial charge >= 0.3 is 4.87 Å². The van der Waals surface area contributed by atoms with Gasteiger partial charge in [-0.2, -0.15) is 0 Å². The van der Waals surface area contributed by atoms with Gasteiger partial charge in [-0.1, -0.05) is 11.3 Å². The van der Waals surface area contributed by atoms with Crippen molar-refractivity contribution in [2.45, 2.75) is 19.9 Å². The number of nitrogens with zero attached hydrogens (tertiary/aromatic N) is 2. The molecule has 114 valence electrons. The van der Waals surface area contributed by atoms with Crippen LogP contribution in [0.4, 0.5) is 5.13 Å². The number of rotatable bonds is 5. The van der Waals surface area contributed by atoms with Gasteiger partial charge in [-0.25, -0.2) is 4.98 Å². The number of nitrogens with one attached hydrogen (secondary N) is 1. The molecule has 3 rings (SSSR count). The second-order valence-corrected chi connectivity index (χ2v) is 6.29. The van der Waals surface area contributed by atoms with Crippen molar-refractivity contribution in [1.82, 2.24) is 9.55 Å². The van der Waals surface area contributed by atoms with Gasteiger partial charge in [0.1, 0.15) is 5.69 Å². The fourth-order valence-electron chi connectivity index (χ4n) is 1.94. The van der Waals surface area contributed by atoms with Crippen LogP contribution in [0.5, 0.6) is 0 Å². The summed E-state index contributed by atoms with van der Waals surface area (Å²) in [5, 5.41) is 6.87. The minimum Gasteiger partial charge on any atom is -0.463 e. The summed E-state index contributed by atoms with van der Waals surface area (Å²) in [7, 11) is 0. The van der Waals surface area contributed by atoms with E-state index >= 15 is 0 Å². The molecule has 0 radical (unpaired) electrons. The van der Waals surface area contributed by atoms with E-state index in [1.807, 2.05) is 18.4 Å². The van der Waals surface area contributed by atoms with E-state index in [1.165, 1.54) is 11.3 Å². The summed E-state index contributed by atoms with van der Waals surface area (Å²) < 4.78 is 6.85. The molecule has 3 aromatic heterocycles. The van der Waals surface area contributed by atoms with E-state index in [0.717, 1.165) is 17.0 Å². The van der Waals surface area contributed by atoms with Crippen molar-refractivity contribution in [1.29, 1.82) is 0 Å². The Morgan fingerprint density at radius 3 is 2.95 bits per heavy atom. The Bertz CT molecular complexity index is 830. The van der Waals surface area contributed by atoms with Gasteiger partial charge in [0.15, 0.2) is 10.9 Å². The number of aryl methyl sites for hydroxylation is 1. The Morgan fingerprint density at radius 2 is 2.27 bits per heavy atom. The van der Waals surface area contributed by atoms with Crippen molar-refractivity contribution in [3.63, 3.8) is 0 Å². The highest BCUT2D eigenvalue weighted by atomic mass is 32.1. The van der Waals surface area contributed by atoms with E-state index in [1.54, 1.807) is 22.3 Å². The first-order valence-corrected chi connectivity index (χ1v) is 8.33. The zero-order valence-electron chi connectivity index (χ0n) is 11.7. The summed E-state index contributed by atoms with van der Waals surface area (Å²) in [5.41, 5.74) is 1.56. The topological polar surface area (TPSA) is 77.1 Å². The molecule has 3 aromatic rings. The molecule has 6 nitrogen and oxygen atoms in total. The minimum absolute atomic E-state index is 0.0420. The van der Waals surface area contributed by atoms with Crippen molar-refractivity contribution in [3.05, 3.63) is 44.5 Å². The summed E-state index contributed by atoms with van der Waals surface area (Å²) in [6, 6.07) is 3.60. The third-order valence-electron chi connectivity index (χ3n) is 3.06. The summed E-state index contributed by atoms with van der Waals surface area (Å²) in [5.74, 6) is 0.495. The highest BCUT2D eigenvalue weighted by molar-refractivity contribution is 7.14. The van der Waals surface area contributed by atoms with Crippen molar-refractivity contribution < 1.29 is 9.21 Å². The lowest BCUT2D eigenvalue weighted by Crippen LogP contribution is -2.20. The van der Waals surface area contributed by atoms with E-state index in [0.29, 0.717) is 23.1 Å². The number of hydrogen-bond acceptors (Lipinski definition) is 6. The lowest BCUT2D eigenvalue weighted by atomic mass is 10.4. The maximum Gasteiger partial charge on any atom is 0.307 e. The van der Waals surface area contributed by atoms with Crippen LogP contribution in [0, 0.1) is 6.92 Å². The average molecular weight is 335 g/mol. The van der Waals surface area contributed by atoms with E-state index in [-0.39, 0.29) is 17.2 Å². The van der Waals surface area contributed by atoms with Gasteiger partial charge < -0.3 is 14.3 Å². The monoisotopic (exact) mass is 335 g/mol. The van der Waals surface area contributed by atoms with Crippen molar-refractivity contribution in [2.75, 3.05) is 5.32 Å². The van der Waals surface area contributed by atoms with Crippen LogP contribution in [-0.4, -0.2) is 15.5 Å². The van der Waals surface area contributed by atoms with Gasteiger partial charge in [0.25, 0.3) is 0 Å². The zero-order valence-corrected chi connectivity index (χ0v) is 13.4. The third kappa shape index (κ3) is 3.18. The van der Waals surface area contributed by atoms with Crippen molar-refractivity contribution in [3.8, 4) is 11.5 Å². The number of anilines is 1. The molecular weight excluding hydrogens is 322 g/mol. The first kappa shape index (κ1) is 14.7. The molecule has 0 aliphatic carbocycles. The van der Waals surface area contributed by atoms with Crippen LogP contribution < -0.4 is 10.2 Å². The molecule has 0 fully saturated rings. The van der Waals surface area contributed by atoms with Crippen LogP contribution in [-0.2, 0) is 11.3 Å². The van der Waals surface area contributed by atoms with E-state index in [4.69, 9.17) is 4.42 Å². The Morgan fingerprint density at radius 1 is 1.41 bits per heavy atom. The lowest BCUT2D eigenvalue weighted by Gasteiger charge is -2.04. The standard InChI is InChI=1S/C14H13N3O3S2/c1-9-7-22-14(19)17(9)5-4-12(18)16-13-15-10(8-21-13)11-3-2-6-20-11/h2-3,6-8H,4-5H2,1H3,(H,15,16,18). The zero-order chi connectivity index (χ0) is 15.5. The van der Waals surface area contributed by atoms with Gasteiger partial charge in [-0.15, -0.1) is 11.3 Å². The second kappa shape index (κ2) is 6.29. The fraction of sp³-hybridized carbons (Fsp3) is 0.214. The molecule has 1 N–H and O–H groups in total. The molecule has 0 unspecified atom stereocenters. The minimum atomic E-state index is -0.169. The molecule has 0 aliphatic heterocycles. The van der Waals surface area contributed by atoms with Crippen LogP contribution >= 0.6 is 22.7 Å². The van der Waals surface area contributed by atoms with E-state index in [2.05, 4.69) is 10.3 Å². The molecule has 0 bridgehead atoms. The largest absolute Gasteiger partial charge is 0.463 e. The number of hydrogen-bond donors (Lipinski definition) is 1. The Hall–Kier alpha value is -2.19. The SMILES string of the molecule is Cc1csc(=O)n1CCC(=O)Nc1nc(-c2ccco2)cs1. The van der Waals surface area contributed by atoms with E-state index in [9.17, 15) is 9.59 Å².